The lowest BCUT2D eigenvalue weighted by Gasteiger charge is -2.27. The number of aromatic amines is 1. The van der Waals surface area contributed by atoms with Crippen LogP contribution in [-0.2, 0) is 0 Å². The van der Waals surface area contributed by atoms with E-state index in [2.05, 4.69) is 9.98 Å². The van der Waals surface area contributed by atoms with Gasteiger partial charge in [0.05, 0.1) is 5.69 Å². The molecule has 1 heterocycles. The van der Waals surface area contributed by atoms with Gasteiger partial charge in [-0.15, -0.1) is 0 Å². The number of nitrogens with zero attached hydrogens (tertiary/aromatic N) is 2. The van der Waals surface area contributed by atoms with E-state index in [1.54, 1.807) is 37.4 Å². The molecule has 0 spiro atoms. The number of halogens is 1. The Morgan fingerprint density at radius 2 is 1.85 bits per heavy atom. The summed E-state index contributed by atoms with van der Waals surface area (Å²) in [4.78, 5) is 34.3. The highest BCUT2D eigenvalue weighted by Crippen LogP contribution is 2.43. The molecule has 4 N–H and O–H groups in total. The van der Waals surface area contributed by atoms with E-state index in [-0.39, 0.29) is 16.2 Å². The fraction of sp³-hybridized carbons (Fsp3) is 0.100. The highest BCUT2D eigenvalue weighted by molar-refractivity contribution is 7.99. The number of allylic oxidation sites excluding steroid dienone is 1. The summed E-state index contributed by atoms with van der Waals surface area (Å²) in [7, 11) is 1.59. The summed E-state index contributed by atoms with van der Waals surface area (Å²) in [5, 5.41) is 11.5. The molecule has 4 aromatic rings. The summed E-state index contributed by atoms with van der Waals surface area (Å²) in [6, 6.07) is 20.6. The van der Waals surface area contributed by atoms with Crippen LogP contribution in [0.5, 0.6) is 5.75 Å². The average Bonchev–Trinajstić information content (AvgIpc) is 2.96. The van der Waals surface area contributed by atoms with E-state index >= 15 is 0 Å². The fourth-order valence-electron chi connectivity index (χ4n) is 4.25. The number of aromatic hydroxyl groups is 1. The summed E-state index contributed by atoms with van der Waals surface area (Å²) >= 11 is 1.10. The van der Waals surface area contributed by atoms with Gasteiger partial charge in [0, 0.05) is 47.7 Å². The Morgan fingerprint density at radius 1 is 1.13 bits per heavy atom. The molecule has 4 rings (SSSR count). The zero-order chi connectivity index (χ0) is 27.9. The third kappa shape index (κ3) is 5.78. The Morgan fingerprint density at radius 3 is 2.46 bits per heavy atom. The Hall–Kier alpha value is -4.63. The molecule has 7 nitrogen and oxygen atoms in total. The van der Waals surface area contributed by atoms with Crippen molar-refractivity contribution in [2.45, 2.75) is 16.7 Å². The number of para-hydroxylation sites is 1. The van der Waals surface area contributed by atoms with Gasteiger partial charge in [-0.1, -0.05) is 48.2 Å². The Kier molecular flexibility index (Phi) is 8.63. The number of rotatable bonds is 9. The van der Waals surface area contributed by atoms with Gasteiger partial charge in [-0.3, -0.25) is 14.6 Å². The Labute approximate surface area is 229 Å². The zero-order valence-corrected chi connectivity index (χ0v) is 22.2. The molecule has 0 bridgehead atoms. The van der Waals surface area contributed by atoms with Crippen molar-refractivity contribution in [3.63, 3.8) is 0 Å². The predicted molar refractivity (Wildman–Crippen MR) is 156 cm³/mol. The first-order chi connectivity index (χ1) is 18.9. The molecule has 0 aliphatic heterocycles. The number of benzene rings is 3. The molecule has 0 radical (unpaired) electrons. The van der Waals surface area contributed by atoms with E-state index in [1.807, 2.05) is 42.2 Å². The van der Waals surface area contributed by atoms with Crippen LogP contribution in [0.15, 0.2) is 98.6 Å². The molecule has 0 fully saturated rings. The molecule has 0 amide bonds. The molecule has 39 heavy (non-hydrogen) atoms. The number of nitrogens with one attached hydrogen (secondary N) is 1. The smallest absolute Gasteiger partial charge is 0.266 e. The van der Waals surface area contributed by atoms with Gasteiger partial charge < -0.3 is 20.7 Å². The molecule has 0 saturated carbocycles. The van der Waals surface area contributed by atoms with Crippen LogP contribution in [0, 0.1) is 5.82 Å². The summed E-state index contributed by atoms with van der Waals surface area (Å²) in [5.41, 5.74) is 8.92. The molecular formula is C30H27FN4O3S. The molecule has 0 aliphatic carbocycles. The number of anilines is 2. The van der Waals surface area contributed by atoms with E-state index in [0.717, 1.165) is 17.4 Å². The second kappa shape index (κ2) is 12.3. The molecular weight excluding hydrogens is 515 g/mol. The van der Waals surface area contributed by atoms with Gasteiger partial charge in [0.15, 0.2) is 12.0 Å². The number of H-pyrrole nitrogens is 1. The third-order valence-corrected chi connectivity index (χ3v) is 7.13. The van der Waals surface area contributed by atoms with Crippen molar-refractivity contribution in [3.8, 4) is 16.9 Å². The van der Waals surface area contributed by atoms with Crippen molar-refractivity contribution in [1.29, 1.82) is 0 Å². The van der Waals surface area contributed by atoms with Crippen molar-refractivity contribution >= 4 is 41.2 Å². The van der Waals surface area contributed by atoms with Crippen LogP contribution in [0.2, 0.25) is 0 Å². The number of carbonyl (C=O) groups excluding carboxylic acids is 1. The number of aliphatic imine (C=N–C) groups is 1. The Bertz CT molecular complexity index is 1600. The van der Waals surface area contributed by atoms with Crippen LogP contribution in [-0.4, -0.2) is 36.2 Å². The maximum absolute atomic E-state index is 13.6. The Balaban J connectivity index is 1.80. The van der Waals surface area contributed by atoms with Gasteiger partial charge in [0.2, 0.25) is 0 Å². The number of aromatic nitrogens is 1. The maximum Gasteiger partial charge on any atom is 0.266 e. The molecule has 0 saturated heterocycles. The average molecular weight is 543 g/mol. The van der Waals surface area contributed by atoms with Gasteiger partial charge in [-0.25, -0.2) is 4.39 Å². The molecule has 0 atom stereocenters. The lowest BCUT2D eigenvalue weighted by Crippen LogP contribution is -2.22. The monoisotopic (exact) mass is 542 g/mol. The number of pyridine rings is 1. The van der Waals surface area contributed by atoms with E-state index < -0.39 is 11.4 Å². The number of carbonyl (C=O) groups is 1. The minimum absolute atomic E-state index is 0.107. The fourth-order valence-corrected chi connectivity index (χ4v) is 5.10. The van der Waals surface area contributed by atoms with E-state index in [1.165, 1.54) is 24.5 Å². The molecule has 0 unspecified atom stereocenters. The lowest BCUT2D eigenvalue weighted by atomic mass is 10.0. The van der Waals surface area contributed by atoms with Crippen LogP contribution < -0.4 is 16.2 Å². The summed E-state index contributed by atoms with van der Waals surface area (Å²) in [6.45, 7) is 2.43. The van der Waals surface area contributed by atoms with E-state index in [4.69, 9.17) is 5.73 Å². The topological polar surface area (TPSA) is 112 Å². The molecule has 0 aliphatic rings. The van der Waals surface area contributed by atoms with Crippen molar-refractivity contribution in [2.75, 3.05) is 18.5 Å². The minimum Gasteiger partial charge on any atom is -0.504 e. The SMILES string of the molecule is CCN(c1ccccc1)c1c(C(C=NC)=CN)[nH]c(=O)c(Sc2ccc(-c3ccc(F)cc3C=O)cc2)c1O. The van der Waals surface area contributed by atoms with Crippen LogP contribution in [0.3, 0.4) is 0 Å². The van der Waals surface area contributed by atoms with E-state index in [9.17, 15) is 19.1 Å². The summed E-state index contributed by atoms with van der Waals surface area (Å²) in [6.07, 6.45) is 3.46. The molecule has 3 aromatic carbocycles. The highest BCUT2D eigenvalue weighted by atomic mass is 32.2. The molecule has 198 valence electrons. The van der Waals surface area contributed by atoms with Crippen molar-refractivity contribution < 1.29 is 14.3 Å². The normalized spacial score (nSPS) is 11.6. The molecule has 9 heteroatoms. The predicted octanol–water partition coefficient (Wildman–Crippen LogP) is 6.01. The first-order valence-electron chi connectivity index (χ1n) is 12.1. The number of nitrogens with two attached hydrogens (primary N) is 1. The van der Waals surface area contributed by atoms with E-state index in [0.29, 0.717) is 45.8 Å². The highest BCUT2D eigenvalue weighted by Gasteiger charge is 2.25. The van der Waals surface area contributed by atoms with Crippen LogP contribution in [0.1, 0.15) is 23.0 Å². The zero-order valence-electron chi connectivity index (χ0n) is 21.4. The van der Waals surface area contributed by atoms with Gasteiger partial charge in [-0.2, -0.15) is 0 Å². The van der Waals surface area contributed by atoms with Gasteiger partial charge in [0.25, 0.3) is 5.56 Å². The van der Waals surface area contributed by atoms with Gasteiger partial charge in [0.1, 0.15) is 16.4 Å². The van der Waals surface area contributed by atoms with Crippen molar-refractivity contribution in [1.82, 2.24) is 4.98 Å². The van der Waals surface area contributed by atoms with Crippen molar-refractivity contribution in [3.05, 3.63) is 106 Å². The van der Waals surface area contributed by atoms with Crippen molar-refractivity contribution in [2.24, 2.45) is 10.7 Å². The van der Waals surface area contributed by atoms with Gasteiger partial charge >= 0.3 is 0 Å². The van der Waals surface area contributed by atoms with Gasteiger partial charge in [-0.05, 0) is 54.4 Å². The largest absolute Gasteiger partial charge is 0.504 e. The molecule has 1 aromatic heterocycles. The quantitative estimate of drug-likeness (QED) is 0.176. The van der Waals surface area contributed by atoms with Crippen LogP contribution in [0.4, 0.5) is 15.8 Å². The first kappa shape index (κ1) is 27.4. The minimum atomic E-state index is -0.491. The standard InChI is InChI=1S/C30H27FN4O3S/c1-3-35(23-7-5-4-6-8-23)27-26(21(16-32)17-33-2)34-30(38)29(28(27)37)39-24-12-9-19(10-13-24)25-14-11-22(31)15-20(25)18-36/h4-18H,3,32H2,1-2H3,(H2,34,37,38). The second-order valence-electron chi connectivity index (χ2n) is 8.42. The first-order valence-corrected chi connectivity index (χ1v) is 12.9. The summed E-state index contributed by atoms with van der Waals surface area (Å²) < 4.78 is 13.6. The number of hydrogen-bond acceptors (Lipinski definition) is 7. The van der Waals surface area contributed by atoms with Crippen LogP contribution in [0.25, 0.3) is 16.7 Å². The maximum atomic E-state index is 13.6. The second-order valence-corrected chi connectivity index (χ2v) is 9.50. The lowest BCUT2D eigenvalue weighted by molar-refractivity contribution is 0.112. The number of hydrogen-bond donors (Lipinski definition) is 3. The third-order valence-electron chi connectivity index (χ3n) is 6.04. The van der Waals surface area contributed by atoms with Crippen LogP contribution >= 0.6 is 11.8 Å². The number of aldehydes is 1. The summed E-state index contributed by atoms with van der Waals surface area (Å²) in [5.74, 6) is -0.685.